The zero-order valence-electron chi connectivity index (χ0n) is 17.7. The average molecular weight is 470 g/mol. The lowest BCUT2D eigenvalue weighted by atomic mass is 10.1. The summed E-state index contributed by atoms with van der Waals surface area (Å²) < 4.78 is 38.5. The summed E-state index contributed by atoms with van der Waals surface area (Å²) in [5.74, 6) is -0.726. The largest absolute Gasteiger partial charge is 0.416 e. The Morgan fingerprint density at radius 1 is 0.971 bits per heavy atom. The van der Waals surface area contributed by atoms with E-state index in [1.807, 2.05) is 31.2 Å². The molecule has 174 valence electrons. The number of halogens is 3. The molecule has 3 aromatic rings. The van der Waals surface area contributed by atoms with Gasteiger partial charge < -0.3 is 0 Å². The summed E-state index contributed by atoms with van der Waals surface area (Å²) in [6.45, 7) is 2.71. The van der Waals surface area contributed by atoms with E-state index >= 15 is 0 Å². The Labute approximate surface area is 190 Å². The van der Waals surface area contributed by atoms with Crippen molar-refractivity contribution >= 4 is 17.5 Å². The second-order valence-corrected chi connectivity index (χ2v) is 7.75. The van der Waals surface area contributed by atoms with E-state index in [1.54, 1.807) is 0 Å². The van der Waals surface area contributed by atoms with Crippen molar-refractivity contribution in [3.05, 3.63) is 59.7 Å². The second-order valence-electron chi connectivity index (χ2n) is 7.75. The van der Waals surface area contributed by atoms with Crippen LogP contribution in [0.15, 0.2) is 58.9 Å². The van der Waals surface area contributed by atoms with E-state index in [9.17, 15) is 22.8 Å². The monoisotopic (exact) mass is 470 g/mol. The number of hydrogen-bond donors (Lipinski definition) is 0. The zero-order valence-corrected chi connectivity index (χ0v) is 17.7. The van der Waals surface area contributed by atoms with E-state index in [4.69, 9.17) is 0 Å². The van der Waals surface area contributed by atoms with Crippen molar-refractivity contribution in [2.75, 3.05) is 4.90 Å². The molecule has 0 spiro atoms. The van der Waals surface area contributed by atoms with Crippen LogP contribution in [-0.4, -0.2) is 49.1 Å². The van der Waals surface area contributed by atoms with Gasteiger partial charge in [-0.15, -0.1) is 10.2 Å². The van der Waals surface area contributed by atoms with E-state index in [0.29, 0.717) is 12.4 Å². The van der Waals surface area contributed by atoms with Gasteiger partial charge in [-0.05, 0) is 42.0 Å². The van der Waals surface area contributed by atoms with Crippen molar-refractivity contribution in [1.29, 1.82) is 0 Å². The van der Waals surface area contributed by atoms with Gasteiger partial charge in [0, 0.05) is 5.56 Å². The van der Waals surface area contributed by atoms with E-state index in [-0.39, 0.29) is 12.2 Å². The molecule has 34 heavy (non-hydrogen) atoms. The fourth-order valence-electron chi connectivity index (χ4n) is 3.85. The first-order valence-corrected chi connectivity index (χ1v) is 10.4. The van der Waals surface area contributed by atoms with Crippen molar-refractivity contribution in [1.82, 2.24) is 25.2 Å². The number of amides is 2. The number of rotatable bonds is 5. The molecule has 2 aliphatic heterocycles. The predicted octanol–water partition coefficient (Wildman–Crippen LogP) is 2.87. The molecule has 0 saturated carbocycles. The number of carbonyl (C=O) groups is 2. The quantitative estimate of drug-likeness (QED) is 0.531. The molecule has 2 aliphatic rings. The van der Waals surface area contributed by atoms with Crippen LogP contribution in [0.25, 0.3) is 11.4 Å². The molecule has 0 aliphatic carbocycles. The molecular weight excluding hydrogens is 453 g/mol. The van der Waals surface area contributed by atoms with E-state index < -0.39 is 35.6 Å². The maximum atomic E-state index is 13.0. The highest BCUT2D eigenvalue weighted by atomic mass is 19.4. The molecule has 2 atom stereocenters. The molecule has 1 fully saturated rings. The van der Waals surface area contributed by atoms with Gasteiger partial charge in [0.2, 0.25) is 5.82 Å². The Hall–Kier alpha value is -4.16. The number of tetrazole rings is 1. The summed E-state index contributed by atoms with van der Waals surface area (Å²) in [4.78, 5) is 28.2. The number of aromatic nitrogens is 4. The lowest BCUT2D eigenvalue weighted by molar-refractivity contribution is -0.137. The first kappa shape index (κ1) is 21.7. The van der Waals surface area contributed by atoms with Gasteiger partial charge in [-0.25, -0.2) is 4.90 Å². The van der Waals surface area contributed by atoms with E-state index in [1.165, 1.54) is 9.81 Å². The fraction of sp³-hybridized carbons (Fsp3) is 0.286. The zero-order chi connectivity index (χ0) is 24.0. The number of imide groups is 1. The Kier molecular flexibility index (Phi) is 5.10. The molecule has 1 saturated heterocycles. The number of fused-ring (bicyclic) bond motifs is 1. The minimum Gasteiger partial charge on any atom is -0.271 e. The highest BCUT2D eigenvalue weighted by Crippen LogP contribution is 2.35. The number of alkyl halides is 3. The third kappa shape index (κ3) is 3.68. The number of hydrogen-bond acceptors (Lipinski definition) is 8. The topological polar surface area (TPSA) is 109 Å². The molecular formula is C21H17F3N8O2. The van der Waals surface area contributed by atoms with Crippen molar-refractivity contribution in [3.63, 3.8) is 0 Å². The normalized spacial score (nSPS) is 19.9. The molecule has 1 aromatic heterocycles. The van der Waals surface area contributed by atoms with Crippen LogP contribution >= 0.6 is 0 Å². The molecule has 10 nitrogen and oxygen atoms in total. The molecule has 0 bridgehead atoms. The molecule has 13 heteroatoms. The molecule has 0 N–H and O–H groups in total. The van der Waals surface area contributed by atoms with Crippen molar-refractivity contribution in [2.24, 2.45) is 10.3 Å². The first-order valence-electron chi connectivity index (χ1n) is 10.4. The van der Waals surface area contributed by atoms with Gasteiger partial charge in [-0.3, -0.25) is 14.6 Å². The van der Waals surface area contributed by atoms with Gasteiger partial charge in [0.25, 0.3) is 11.8 Å². The van der Waals surface area contributed by atoms with Crippen LogP contribution < -0.4 is 4.90 Å². The molecule has 2 amide bonds. The number of nitrogens with zero attached hydrogens (tertiary/aromatic N) is 8. The maximum Gasteiger partial charge on any atom is 0.416 e. The third-order valence-corrected chi connectivity index (χ3v) is 5.60. The van der Waals surface area contributed by atoms with E-state index in [0.717, 1.165) is 40.3 Å². The van der Waals surface area contributed by atoms with Crippen LogP contribution in [0, 0.1) is 0 Å². The van der Waals surface area contributed by atoms with Crippen molar-refractivity contribution in [2.45, 2.75) is 38.3 Å². The smallest absolute Gasteiger partial charge is 0.271 e. The Balaban J connectivity index is 1.32. The van der Waals surface area contributed by atoms with Crippen LogP contribution in [0.1, 0.15) is 18.1 Å². The standard InChI is InChI=1S/C21H17F3N8O2/c1-2-31-27-18(26-29-31)13-5-3-12(4-6-13)11-30-17-16(25-28-30)19(33)32(20(17)34)15-9-7-14(8-10-15)21(22,23)24/h3-10,16-17H,2,11H2,1H3. The minimum absolute atomic E-state index is 0.0597. The van der Waals surface area contributed by atoms with Gasteiger partial charge in [-0.1, -0.05) is 29.5 Å². The lowest BCUT2D eigenvalue weighted by Gasteiger charge is -2.21. The number of aryl methyl sites for hydroxylation is 1. The summed E-state index contributed by atoms with van der Waals surface area (Å²) in [5.41, 5.74) is 0.765. The van der Waals surface area contributed by atoms with Crippen LogP contribution in [0.2, 0.25) is 0 Å². The SMILES string of the molecule is CCn1nnc(-c2ccc(CN3N=NC4C(=O)N(c5ccc(C(F)(F)F)cc5)C(=O)C43)cc2)n1. The summed E-state index contributed by atoms with van der Waals surface area (Å²) in [7, 11) is 0. The summed E-state index contributed by atoms with van der Waals surface area (Å²) in [5, 5.41) is 21.5. The van der Waals surface area contributed by atoms with Crippen LogP contribution in [-0.2, 0) is 28.9 Å². The second kappa shape index (κ2) is 8.01. The van der Waals surface area contributed by atoms with E-state index in [2.05, 4.69) is 25.7 Å². The number of carbonyl (C=O) groups excluding carboxylic acids is 2. The highest BCUT2D eigenvalue weighted by Gasteiger charge is 2.54. The van der Waals surface area contributed by atoms with Gasteiger partial charge in [0.05, 0.1) is 24.3 Å². The molecule has 0 radical (unpaired) electrons. The third-order valence-electron chi connectivity index (χ3n) is 5.60. The van der Waals surface area contributed by atoms with Crippen molar-refractivity contribution < 1.29 is 22.8 Å². The van der Waals surface area contributed by atoms with Gasteiger partial charge in [0.1, 0.15) is 0 Å². The summed E-state index contributed by atoms with van der Waals surface area (Å²) in [6.07, 6.45) is -4.52. The Bertz CT molecular complexity index is 1270. The Morgan fingerprint density at radius 3 is 2.29 bits per heavy atom. The molecule has 3 heterocycles. The van der Waals surface area contributed by atoms with Gasteiger partial charge >= 0.3 is 6.18 Å². The fourth-order valence-corrected chi connectivity index (χ4v) is 3.85. The average Bonchev–Trinajstić information content (AvgIpc) is 3.52. The first-order chi connectivity index (χ1) is 16.3. The number of benzene rings is 2. The minimum atomic E-state index is -4.52. The summed E-state index contributed by atoms with van der Waals surface area (Å²) >= 11 is 0. The maximum absolute atomic E-state index is 13.0. The van der Waals surface area contributed by atoms with Crippen LogP contribution in [0.5, 0.6) is 0 Å². The van der Waals surface area contributed by atoms with Crippen LogP contribution in [0.3, 0.4) is 0 Å². The summed E-state index contributed by atoms with van der Waals surface area (Å²) in [6, 6.07) is 9.13. The Morgan fingerprint density at radius 2 is 1.68 bits per heavy atom. The number of anilines is 1. The molecule has 2 aromatic carbocycles. The van der Waals surface area contributed by atoms with Crippen LogP contribution in [0.4, 0.5) is 18.9 Å². The molecule has 5 rings (SSSR count). The predicted molar refractivity (Wildman–Crippen MR) is 111 cm³/mol. The highest BCUT2D eigenvalue weighted by molar-refractivity contribution is 6.25. The lowest BCUT2D eigenvalue weighted by Crippen LogP contribution is -2.39. The van der Waals surface area contributed by atoms with Gasteiger partial charge in [0.15, 0.2) is 12.1 Å². The molecule has 2 unspecified atom stereocenters. The van der Waals surface area contributed by atoms with Gasteiger partial charge in [-0.2, -0.15) is 23.1 Å². The van der Waals surface area contributed by atoms with Crippen molar-refractivity contribution in [3.8, 4) is 11.4 Å².